The molecule has 1 aromatic carbocycles. The second-order valence-corrected chi connectivity index (χ2v) is 5.62. The number of carbonyl (C=O) groups excluding carboxylic acids is 1. The first-order chi connectivity index (χ1) is 9.08. The van der Waals surface area contributed by atoms with E-state index in [9.17, 15) is 13.8 Å². The summed E-state index contributed by atoms with van der Waals surface area (Å²) in [4.78, 5) is 22.0. The van der Waals surface area contributed by atoms with E-state index in [0.717, 1.165) is 0 Å². The molecule has 0 saturated carbocycles. The molecule has 0 fully saturated rings. The molecule has 2 atom stereocenters. The van der Waals surface area contributed by atoms with Gasteiger partial charge in [0.2, 0.25) is 0 Å². The van der Waals surface area contributed by atoms with E-state index in [1.165, 1.54) is 0 Å². The topological polar surface area (TPSA) is 83.5 Å². The van der Waals surface area contributed by atoms with E-state index in [1.54, 1.807) is 31.3 Å². The van der Waals surface area contributed by atoms with E-state index in [0.29, 0.717) is 28.9 Å². The molecule has 2 unspecified atom stereocenters. The van der Waals surface area contributed by atoms with Crippen LogP contribution in [-0.2, 0) is 15.6 Å². The lowest BCUT2D eigenvalue weighted by Gasteiger charge is -2.13. The third-order valence-electron chi connectivity index (χ3n) is 2.77. The van der Waals surface area contributed by atoms with E-state index in [1.807, 2.05) is 0 Å². The average molecular weight is 283 g/mol. The number of nitrogens with one attached hydrogen (secondary N) is 1. The third kappa shape index (κ3) is 4.92. The Morgan fingerprint density at radius 2 is 2.16 bits per heavy atom. The third-order valence-corrected chi connectivity index (χ3v) is 4.24. The van der Waals surface area contributed by atoms with Crippen molar-refractivity contribution < 1.29 is 18.9 Å². The molecule has 0 saturated heterocycles. The van der Waals surface area contributed by atoms with Crippen LogP contribution in [0.15, 0.2) is 29.2 Å². The predicted molar refractivity (Wildman–Crippen MR) is 72.8 cm³/mol. The Kier molecular flexibility index (Phi) is 6.38. The lowest BCUT2D eigenvalue weighted by Crippen LogP contribution is -2.29. The normalized spacial score (nSPS) is 13.7. The molecule has 19 heavy (non-hydrogen) atoms. The number of hydrogen-bond acceptors (Lipinski definition) is 4. The number of carboxylic acid groups (broad SMARTS) is 1. The average Bonchev–Trinajstić information content (AvgIpc) is 2.42. The van der Waals surface area contributed by atoms with Crippen LogP contribution in [0.2, 0.25) is 0 Å². The van der Waals surface area contributed by atoms with E-state index in [4.69, 9.17) is 5.11 Å². The SMILES string of the molecule is CNC(CCS(=O)c1ccccc1C=O)CC(=O)O. The molecule has 6 heteroatoms. The van der Waals surface area contributed by atoms with Gasteiger partial charge >= 0.3 is 5.97 Å². The molecule has 0 radical (unpaired) electrons. The van der Waals surface area contributed by atoms with Crippen LogP contribution in [-0.4, -0.2) is 40.4 Å². The number of benzene rings is 1. The molecule has 1 rings (SSSR count). The van der Waals surface area contributed by atoms with Crippen molar-refractivity contribution in [2.45, 2.75) is 23.8 Å². The van der Waals surface area contributed by atoms with E-state index >= 15 is 0 Å². The molecule has 5 nitrogen and oxygen atoms in total. The van der Waals surface area contributed by atoms with Gasteiger partial charge in [-0.1, -0.05) is 18.2 Å². The highest BCUT2D eigenvalue weighted by Crippen LogP contribution is 2.13. The molecular formula is C13H17NO4S. The van der Waals surface area contributed by atoms with Crippen molar-refractivity contribution in [1.82, 2.24) is 5.32 Å². The van der Waals surface area contributed by atoms with Crippen molar-refractivity contribution in [2.24, 2.45) is 0 Å². The van der Waals surface area contributed by atoms with Crippen LogP contribution < -0.4 is 5.32 Å². The maximum Gasteiger partial charge on any atom is 0.304 e. The molecule has 0 spiro atoms. The summed E-state index contributed by atoms with van der Waals surface area (Å²) < 4.78 is 12.1. The van der Waals surface area contributed by atoms with Gasteiger partial charge in [0.25, 0.3) is 0 Å². The maximum atomic E-state index is 12.1. The number of hydrogen-bond donors (Lipinski definition) is 2. The minimum Gasteiger partial charge on any atom is -0.481 e. The fraction of sp³-hybridized carbons (Fsp3) is 0.385. The highest BCUT2D eigenvalue weighted by molar-refractivity contribution is 7.85. The van der Waals surface area contributed by atoms with Crippen LogP contribution >= 0.6 is 0 Å². The molecule has 0 amide bonds. The summed E-state index contributed by atoms with van der Waals surface area (Å²) in [7, 11) is 0.380. The van der Waals surface area contributed by atoms with Crippen molar-refractivity contribution in [3.05, 3.63) is 29.8 Å². The molecule has 1 aromatic rings. The van der Waals surface area contributed by atoms with Gasteiger partial charge in [-0.3, -0.25) is 13.8 Å². The summed E-state index contributed by atoms with van der Waals surface area (Å²) in [6.07, 6.45) is 1.14. The minimum absolute atomic E-state index is 0.0109. The Morgan fingerprint density at radius 1 is 1.47 bits per heavy atom. The van der Waals surface area contributed by atoms with Gasteiger partial charge in [0.15, 0.2) is 6.29 Å². The van der Waals surface area contributed by atoms with E-state index in [2.05, 4.69) is 5.32 Å². The zero-order valence-electron chi connectivity index (χ0n) is 10.7. The number of rotatable bonds is 8. The molecule has 0 bridgehead atoms. The Bertz CT molecular complexity index is 475. The minimum atomic E-state index is -1.30. The Balaban J connectivity index is 2.64. The van der Waals surface area contributed by atoms with Crippen molar-refractivity contribution >= 4 is 23.1 Å². The molecule has 0 aliphatic rings. The number of carbonyl (C=O) groups is 2. The Labute approximate surface area is 114 Å². The number of aliphatic carboxylic acids is 1. The molecule has 0 heterocycles. The van der Waals surface area contributed by atoms with Crippen LogP contribution in [0, 0.1) is 0 Å². The first-order valence-electron chi connectivity index (χ1n) is 5.90. The maximum absolute atomic E-state index is 12.1. The van der Waals surface area contributed by atoms with Gasteiger partial charge < -0.3 is 10.4 Å². The summed E-state index contributed by atoms with van der Waals surface area (Å²) >= 11 is 0. The van der Waals surface area contributed by atoms with Gasteiger partial charge in [-0.15, -0.1) is 0 Å². The summed E-state index contributed by atoms with van der Waals surface area (Å²) in [5.41, 5.74) is 0.417. The molecule has 0 aliphatic carbocycles. The first-order valence-corrected chi connectivity index (χ1v) is 7.22. The standard InChI is InChI=1S/C13H17NO4S/c1-14-11(8-13(16)17)6-7-19(18)12-5-3-2-4-10(12)9-15/h2-5,9,11,14H,6-8H2,1H3,(H,16,17). The van der Waals surface area contributed by atoms with Crippen LogP contribution in [0.25, 0.3) is 0 Å². The fourth-order valence-corrected chi connectivity index (χ4v) is 3.03. The van der Waals surface area contributed by atoms with Crippen molar-refractivity contribution in [3.63, 3.8) is 0 Å². The molecule has 2 N–H and O–H groups in total. The Morgan fingerprint density at radius 3 is 2.74 bits per heavy atom. The van der Waals surface area contributed by atoms with Crippen LogP contribution in [0.3, 0.4) is 0 Å². The van der Waals surface area contributed by atoms with Gasteiger partial charge in [0.1, 0.15) is 0 Å². The van der Waals surface area contributed by atoms with Gasteiger partial charge in [-0.05, 0) is 19.5 Å². The molecule has 104 valence electrons. The summed E-state index contributed by atoms with van der Waals surface area (Å²) in [5.74, 6) is -0.567. The van der Waals surface area contributed by atoms with Gasteiger partial charge in [0.05, 0.1) is 17.2 Å². The quantitative estimate of drug-likeness (QED) is 0.697. The van der Waals surface area contributed by atoms with Gasteiger partial charge in [-0.2, -0.15) is 0 Å². The summed E-state index contributed by atoms with van der Waals surface area (Å²) in [6, 6.07) is 6.50. The summed E-state index contributed by atoms with van der Waals surface area (Å²) in [6.45, 7) is 0. The molecular weight excluding hydrogens is 266 g/mol. The van der Waals surface area contributed by atoms with Crippen molar-refractivity contribution in [2.75, 3.05) is 12.8 Å². The fourth-order valence-electron chi connectivity index (χ4n) is 1.70. The van der Waals surface area contributed by atoms with Crippen LogP contribution in [0.5, 0.6) is 0 Å². The second kappa shape index (κ2) is 7.81. The number of carboxylic acids is 1. The molecule has 0 aliphatic heterocycles. The second-order valence-electron chi connectivity index (χ2n) is 4.08. The number of aldehydes is 1. The largest absolute Gasteiger partial charge is 0.481 e. The Hall–Kier alpha value is -1.53. The van der Waals surface area contributed by atoms with Crippen molar-refractivity contribution in [1.29, 1.82) is 0 Å². The van der Waals surface area contributed by atoms with Crippen molar-refractivity contribution in [3.8, 4) is 0 Å². The van der Waals surface area contributed by atoms with E-state index in [-0.39, 0.29) is 12.5 Å². The van der Waals surface area contributed by atoms with Crippen LogP contribution in [0.1, 0.15) is 23.2 Å². The monoisotopic (exact) mass is 283 g/mol. The smallest absolute Gasteiger partial charge is 0.304 e. The van der Waals surface area contributed by atoms with E-state index < -0.39 is 16.8 Å². The highest BCUT2D eigenvalue weighted by Gasteiger charge is 2.14. The molecule has 0 aromatic heterocycles. The highest BCUT2D eigenvalue weighted by atomic mass is 32.2. The van der Waals surface area contributed by atoms with Crippen LogP contribution in [0.4, 0.5) is 0 Å². The lowest BCUT2D eigenvalue weighted by molar-refractivity contribution is -0.137. The first kappa shape index (κ1) is 15.5. The zero-order chi connectivity index (χ0) is 14.3. The van der Waals surface area contributed by atoms with Gasteiger partial charge in [-0.25, -0.2) is 0 Å². The summed E-state index contributed by atoms with van der Waals surface area (Å²) in [5, 5.41) is 11.6. The predicted octanol–water partition coefficient (Wildman–Crippen LogP) is 1.06. The van der Waals surface area contributed by atoms with Gasteiger partial charge in [0, 0.05) is 22.3 Å². The zero-order valence-corrected chi connectivity index (χ0v) is 11.5. The lowest BCUT2D eigenvalue weighted by atomic mass is 10.1.